The normalized spacial score (nSPS) is 12.1. The van der Waals surface area contributed by atoms with Gasteiger partial charge in [-0.05, 0) is 47.0 Å². The van der Waals surface area contributed by atoms with Crippen molar-refractivity contribution in [2.75, 3.05) is 6.54 Å². The van der Waals surface area contributed by atoms with Crippen molar-refractivity contribution in [1.29, 1.82) is 0 Å². The van der Waals surface area contributed by atoms with Crippen LogP contribution in [0.25, 0.3) is 11.1 Å². The lowest BCUT2D eigenvalue weighted by atomic mass is 10.1. The number of carbonyl (C=O) groups excluding carboxylic acids is 1. The van der Waals surface area contributed by atoms with Crippen molar-refractivity contribution in [3.8, 4) is 11.1 Å². The summed E-state index contributed by atoms with van der Waals surface area (Å²) in [6.07, 6.45) is -0.529. The molecule has 0 saturated carbocycles. The van der Waals surface area contributed by atoms with Gasteiger partial charge in [0.25, 0.3) is 5.91 Å². The fourth-order valence-corrected chi connectivity index (χ4v) is 2.25. The molecule has 3 nitrogen and oxygen atoms in total. The highest BCUT2D eigenvalue weighted by Gasteiger charge is 2.06. The molecule has 94 valence electrons. The molecule has 4 heteroatoms. The first-order valence-electron chi connectivity index (χ1n) is 5.75. The third kappa shape index (κ3) is 3.18. The zero-order chi connectivity index (χ0) is 13.0. The van der Waals surface area contributed by atoms with Crippen LogP contribution in [0.1, 0.15) is 17.3 Å². The Morgan fingerprint density at radius 1 is 1.28 bits per heavy atom. The van der Waals surface area contributed by atoms with E-state index in [4.69, 9.17) is 5.11 Å². The highest BCUT2D eigenvalue weighted by Crippen LogP contribution is 2.22. The molecule has 2 N–H and O–H groups in total. The van der Waals surface area contributed by atoms with Gasteiger partial charge in [0, 0.05) is 12.1 Å². The monoisotopic (exact) mass is 261 g/mol. The summed E-state index contributed by atoms with van der Waals surface area (Å²) < 4.78 is 0. The van der Waals surface area contributed by atoms with Crippen molar-refractivity contribution in [3.05, 3.63) is 46.7 Å². The summed E-state index contributed by atoms with van der Waals surface area (Å²) in [5.41, 5.74) is 2.87. The minimum Gasteiger partial charge on any atom is -0.392 e. The van der Waals surface area contributed by atoms with Crippen LogP contribution >= 0.6 is 11.3 Å². The molecular weight excluding hydrogens is 246 g/mol. The Balaban J connectivity index is 2.06. The number of amides is 1. The van der Waals surface area contributed by atoms with E-state index in [0.717, 1.165) is 11.1 Å². The van der Waals surface area contributed by atoms with Crippen LogP contribution in [0.5, 0.6) is 0 Å². The Kier molecular flexibility index (Phi) is 4.12. The SMILES string of the molecule is C[C@H](O)CNC(=O)c1ccc(-c2ccsc2)cc1. The molecule has 2 rings (SSSR count). The van der Waals surface area contributed by atoms with Crippen LogP contribution < -0.4 is 5.32 Å². The molecule has 0 saturated heterocycles. The van der Waals surface area contributed by atoms with E-state index in [1.165, 1.54) is 0 Å². The van der Waals surface area contributed by atoms with Crippen LogP contribution in [0, 0.1) is 0 Å². The minimum atomic E-state index is -0.529. The van der Waals surface area contributed by atoms with Gasteiger partial charge in [-0.1, -0.05) is 12.1 Å². The summed E-state index contributed by atoms with van der Waals surface area (Å²) in [6.45, 7) is 1.91. The van der Waals surface area contributed by atoms with Crippen molar-refractivity contribution >= 4 is 17.2 Å². The third-order valence-electron chi connectivity index (χ3n) is 2.56. The molecule has 0 radical (unpaired) electrons. The standard InChI is InChI=1S/C14H15NO2S/c1-10(16)8-15-14(17)12-4-2-11(3-5-12)13-6-7-18-9-13/h2-7,9-10,16H,8H2,1H3,(H,15,17)/t10-/m0/s1. The first kappa shape index (κ1) is 12.8. The van der Waals surface area contributed by atoms with E-state index < -0.39 is 6.10 Å². The Hall–Kier alpha value is -1.65. The van der Waals surface area contributed by atoms with Crippen molar-refractivity contribution in [3.63, 3.8) is 0 Å². The molecule has 1 amide bonds. The lowest BCUT2D eigenvalue weighted by molar-refractivity contribution is 0.0924. The van der Waals surface area contributed by atoms with Crippen molar-refractivity contribution in [2.45, 2.75) is 13.0 Å². The van der Waals surface area contributed by atoms with Gasteiger partial charge < -0.3 is 10.4 Å². The molecule has 0 aliphatic carbocycles. The molecule has 0 fully saturated rings. The number of benzene rings is 1. The van der Waals surface area contributed by atoms with Crippen LogP contribution in [-0.2, 0) is 0 Å². The second-order valence-corrected chi connectivity index (χ2v) is 4.93. The number of hydrogen-bond acceptors (Lipinski definition) is 3. The summed E-state index contributed by atoms with van der Waals surface area (Å²) in [5, 5.41) is 15.9. The predicted octanol–water partition coefficient (Wildman–Crippen LogP) is 2.53. The predicted molar refractivity (Wildman–Crippen MR) is 73.8 cm³/mol. The zero-order valence-electron chi connectivity index (χ0n) is 10.1. The number of thiophene rings is 1. The molecule has 0 aliphatic heterocycles. The van der Waals surface area contributed by atoms with Crippen molar-refractivity contribution < 1.29 is 9.90 Å². The maximum Gasteiger partial charge on any atom is 0.251 e. The third-order valence-corrected chi connectivity index (χ3v) is 3.24. The number of aliphatic hydroxyl groups excluding tert-OH is 1. The second-order valence-electron chi connectivity index (χ2n) is 4.15. The Bertz CT molecular complexity index is 503. The number of nitrogens with one attached hydrogen (secondary N) is 1. The molecule has 1 heterocycles. The van der Waals surface area contributed by atoms with Crippen LogP contribution in [0.3, 0.4) is 0 Å². The summed E-state index contributed by atoms with van der Waals surface area (Å²) in [6, 6.07) is 9.50. The van der Waals surface area contributed by atoms with Crippen LogP contribution in [0.4, 0.5) is 0 Å². The molecule has 0 unspecified atom stereocenters. The molecule has 0 spiro atoms. The fraction of sp³-hybridized carbons (Fsp3) is 0.214. The number of rotatable bonds is 4. The van der Waals surface area contributed by atoms with E-state index in [1.807, 2.05) is 23.6 Å². The molecule has 1 atom stereocenters. The lowest BCUT2D eigenvalue weighted by Crippen LogP contribution is -2.30. The van der Waals surface area contributed by atoms with Gasteiger partial charge in [0.15, 0.2) is 0 Å². The molecule has 0 aliphatic rings. The highest BCUT2D eigenvalue weighted by molar-refractivity contribution is 7.08. The smallest absolute Gasteiger partial charge is 0.251 e. The first-order valence-corrected chi connectivity index (χ1v) is 6.70. The topological polar surface area (TPSA) is 49.3 Å². The van der Waals surface area contributed by atoms with Crippen LogP contribution in [-0.4, -0.2) is 23.7 Å². The first-order chi connectivity index (χ1) is 8.66. The molecule has 18 heavy (non-hydrogen) atoms. The summed E-state index contributed by atoms with van der Waals surface area (Å²) in [7, 11) is 0. The molecular formula is C14H15NO2S. The zero-order valence-corrected chi connectivity index (χ0v) is 10.9. The molecule has 0 bridgehead atoms. The van der Waals surface area contributed by atoms with E-state index in [9.17, 15) is 4.79 Å². The summed E-state index contributed by atoms with van der Waals surface area (Å²) in [5.74, 6) is -0.159. The maximum absolute atomic E-state index is 11.7. The second kappa shape index (κ2) is 5.80. The van der Waals surface area contributed by atoms with Gasteiger partial charge in [0.1, 0.15) is 0 Å². The van der Waals surface area contributed by atoms with Gasteiger partial charge in [-0.2, -0.15) is 11.3 Å². The van der Waals surface area contributed by atoms with Gasteiger partial charge >= 0.3 is 0 Å². The van der Waals surface area contributed by atoms with Gasteiger partial charge in [-0.15, -0.1) is 0 Å². The van der Waals surface area contributed by atoms with Crippen molar-refractivity contribution in [1.82, 2.24) is 5.32 Å². The van der Waals surface area contributed by atoms with Crippen LogP contribution in [0.2, 0.25) is 0 Å². The summed E-state index contributed by atoms with van der Waals surface area (Å²) >= 11 is 1.65. The number of aliphatic hydroxyl groups is 1. The van der Waals surface area contributed by atoms with Gasteiger partial charge in [-0.25, -0.2) is 0 Å². The van der Waals surface area contributed by atoms with Gasteiger partial charge in [0.05, 0.1) is 6.10 Å². The van der Waals surface area contributed by atoms with Crippen LogP contribution in [0.15, 0.2) is 41.1 Å². The number of hydrogen-bond donors (Lipinski definition) is 2. The minimum absolute atomic E-state index is 0.159. The number of carbonyl (C=O) groups is 1. The average Bonchev–Trinajstić information content (AvgIpc) is 2.90. The highest BCUT2D eigenvalue weighted by atomic mass is 32.1. The van der Waals surface area contributed by atoms with Crippen molar-refractivity contribution in [2.24, 2.45) is 0 Å². The van der Waals surface area contributed by atoms with E-state index >= 15 is 0 Å². The largest absolute Gasteiger partial charge is 0.392 e. The fourth-order valence-electron chi connectivity index (χ4n) is 1.59. The van der Waals surface area contributed by atoms with Gasteiger partial charge in [-0.3, -0.25) is 4.79 Å². The summed E-state index contributed by atoms with van der Waals surface area (Å²) in [4.78, 5) is 11.7. The lowest BCUT2D eigenvalue weighted by Gasteiger charge is -2.07. The van der Waals surface area contributed by atoms with Gasteiger partial charge in [0.2, 0.25) is 0 Å². The van der Waals surface area contributed by atoms with E-state index in [2.05, 4.69) is 10.7 Å². The Morgan fingerprint density at radius 3 is 2.56 bits per heavy atom. The molecule has 1 aromatic carbocycles. The maximum atomic E-state index is 11.7. The Morgan fingerprint density at radius 2 is 2.00 bits per heavy atom. The van der Waals surface area contributed by atoms with E-state index in [1.54, 1.807) is 30.4 Å². The molecule has 1 aromatic heterocycles. The van der Waals surface area contributed by atoms with E-state index in [0.29, 0.717) is 5.56 Å². The molecule has 2 aromatic rings. The van der Waals surface area contributed by atoms with E-state index in [-0.39, 0.29) is 12.5 Å². The quantitative estimate of drug-likeness (QED) is 0.888. The Labute approximate surface area is 110 Å². The average molecular weight is 261 g/mol.